The van der Waals surface area contributed by atoms with E-state index >= 15 is 0 Å². The van der Waals surface area contributed by atoms with Crippen LogP contribution < -0.4 is 5.32 Å². The van der Waals surface area contributed by atoms with E-state index in [0.29, 0.717) is 38.3 Å². The van der Waals surface area contributed by atoms with E-state index in [-0.39, 0.29) is 11.8 Å². The third-order valence-corrected chi connectivity index (χ3v) is 4.88. The Labute approximate surface area is 168 Å². The van der Waals surface area contributed by atoms with Crippen LogP contribution in [0, 0.1) is 0 Å². The normalized spacial score (nSPS) is 14.6. The average Bonchev–Trinajstić information content (AvgIpc) is 3.29. The molecule has 1 N–H and O–H groups in total. The van der Waals surface area contributed by atoms with E-state index in [1.54, 1.807) is 23.1 Å². The molecule has 0 bridgehead atoms. The zero-order chi connectivity index (χ0) is 20.1. The number of aromatic nitrogens is 3. The van der Waals surface area contributed by atoms with Gasteiger partial charge in [-0.25, -0.2) is 9.67 Å². The minimum Gasteiger partial charge on any atom is -0.336 e. The molecule has 2 heterocycles. The van der Waals surface area contributed by atoms with Gasteiger partial charge in [-0.05, 0) is 36.4 Å². The maximum atomic E-state index is 12.8. The van der Waals surface area contributed by atoms with Gasteiger partial charge in [0.2, 0.25) is 5.91 Å². The quantitative estimate of drug-likeness (QED) is 0.716. The number of para-hydroxylation sites is 1. The lowest BCUT2D eigenvalue weighted by Crippen LogP contribution is -2.50. The van der Waals surface area contributed by atoms with Crippen molar-refractivity contribution in [2.75, 3.05) is 38.0 Å². The summed E-state index contributed by atoms with van der Waals surface area (Å²) in [5.41, 5.74) is 2.29. The van der Waals surface area contributed by atoms with Crippen molar-refractivity contribution in [2.24, 2.45) is 0 Å². The van der Waals surface area contributed by atoms with Crippen LogP contribution in [0.1, 0.15) is 10.4 Å². The Hall–Kier alpha value is -3.52. The minimum atomic E-state index is -0.0420. The van der Waals surface area contributed by atoms with Crippen LogP contribution in [0.2, 0.25) is 0 Å². The molecule has 2 aromatic carbocycles. The molecule has 2 amide bonds. The molecule has 1 aromatic heterocycles. The highest BCUT2D eigenvalue weighted by Crippen LogP contribution is 2.13. The number of carbonyl (C=O) groups excluding carboxylic acids is 2. The van der Waals surface area contributed by atoms with Crippen LogP contribution in [0.15, 0.2) is 67.3 Å². The maximum absolute atomic E-state index is 12.8. The van der Waals surface area contributed by atoms with E-state index < -0.39 is 0 Å². The lowest BCUT2D eigenvalue weighted by Gasteiger charge is -2.34. The fourth-order valence-corrected chi connectivity index (χ4v) is 3.32. The molecule has 1 aliphatic rings. The van der Waals surface area contributed by atoms with Crippen molar-refractivity contribution in [2.45, 2.75) is 0 Å². The van der Waals surface area contributed by atoms with E-state index in [2.05, 4.69) is 20.3 Å². The zero-order valence-corrected chi connectivity index (χ0v) is 15.9. The molecule has 1 saturated heterocycles. The number of piperazine rings is 1. The second-order valence-corrected chi connectivity index (χ2v) is 6.87. The number of nitrogens with one attached hydrogen (secondary N) is 1. The Morgan fingerprint density at radius 2 is 1.66 bits per heavy atom. The van der Waals surface area contributed by atoms with Gasteiger partial charge in [0.25, 0.3) is 5.91 Å². The standard InChI is InChI=1S/C21H22N6O2/c28-20(24-18-4-2-1-3-5-18)14-25-10-12-26(13-11-25)21(29)17-6-8-19(9-7-17)27-16-22-15-23-27/h1-9,15-16H,10-14H2,(H,24,28). The van der Waals surface area contributed by atoms with Crippen molar-refractivity contribution in [1.29, 1.82) is 0 Å². The molecule has 0 spiro atoms. The zero-order valence-electron chi connectivity index (χ0n) is 15.9. The first-order valence-electron chi connectivity index (χ1n) is 9.51. The average molecular weight is 390 g/mol. The summed E-state index contributed by atoms with van der Waals surface area (Å²) in [6.45, 7) is 2.87. The molecule has 3 aromatic rings. The van der Waals surface area contributed by atoms with Crippen molar-refractivity contribution in [3.05, 3.63) is 72.8 Å². The number of anilines is 1. The molecule has 8 heteroatoms. The fraction of sp³-hybridized carbons (Fsp3) is 0.238. The van der Waals surface area contributed by atoms with Crippen LogP contribution in [0.3, 0.4) is 0 Å². The van der Waals surface area contributed by atoms with Gasteiger partial charge in [0.05, 0.1) is 12.2 Å². The monoisotopic (exact) mass is 390 g/mol. The third kappa shape index (κ3) is 4.67. The van der Waals surface area contributed by atoms with Crippen LogP contribution in [0.5, 0.6) is 0 Å². The van der Waals surface area contributed by atoms with E-state index in [9.17, 15) is 9.59 Å². The van der Waals surface area contributed by atoms with E-state index in [1.807, 2.05) is 47.4 Å². The highest BCUT2D eigenvalue weighted by Gasteiger charge is 2.23. The van der Waals surface area contributed by atoms with Crippen LogP contribution >= 0.6 is 0 Å². The smallest absolute Gasteiger partial charge is 0.253 e. The minimum absolute atomic E-state index is 0.00327. The summed E-state index contributed by atoms with van der Waals surface area (Å²) in [4.78, 5) is 32.8. The first kappa shape index (κ1) is 18.8. The number of carbonyl (C=O) groups is 2. The number of hydrogen-bond donors (Lipinski definition) is 1. The van der Waals surface area contributed by atoms with Gasteiger partial charge in [-0.15, -0.1) is 0 Å². The molecule has 0 saturated carbocycles. The van der Waals surface area contributed by atoms with Gasteiger partial charge >= 0.3 is 0 Å². The topological polar surface area (TPSA) is 83.4 Å². The molecule has 0 atom stereocenters. The lowest BCUT2D eigenvalue weighted by molar-refractivity contribution is -0.117. The van der Waals surface area contributed by atoms with E-state index in [1.165, 1.54) is 6.33 Å². The van der Waals surface area contributed by atoms with Gasteiger partial charge in [-0.2, -0.15) is 5.10 Å². The molecule has 29 heavy (non-hydrogen) atoms. The van der Waals surface area contributed by atoms with Gasteiger partial charge in [-0.1, -0.05) is 18.2 Å². The second-order valence-electron chi connectivity index (χ2n) is 6.87. The van der Waals surface area contributed by atoms with Crippen LogP contribution in [-0.4, -0.2) is 69.1 Å². The molecular formula is C21H22N6O2. The van der Waals surface area contributed by atoms with Crippen LogP contribution in [0.25, 0.3) is 5.69 Å². The Morgan fingerprint density at radius 3 is 2.31 bits per heavy atom. The molecule has 8 nitrogen and oxygen atoms in total. The van der Waals surface area contributed by atoms with Crippen LogP contribution in [0.4, 0.5) is 5.69 Å². The first-order valence-corrected chi connectivity index (χ1v) is 9.51. The number of nitrogens with zero attached hydrogens (tertiary/aromatic N) is 5. The third-order valence-electron chi connectivity index (χ3n) is 4.88. The largest absolute Gasteiger partial charge is 0.336 e. The second kappa shape index (κ2) is 8.66. The summed E-state index contributed by atoms with van der Waals surface area (Å²) in [6, 6.07) is 16.7. The molecule has 0 unspecified atom stereocenters. The Kier molecular flexibility index (Phi) is 5.62. The summed E-state index contributed by atoms with van der Waals surface area (Å²) in [6.07, 6.45) is 3.09. The molecule has 1 fully saturated rings. The van der Waals surface area contributed by atoms with Crippen LogP contribution in [-0.2, 0) is 4.79 Å². The predicted octanol–water partition coefficient (Wildman–Crippen LogP) is 1.66. The van der Waals surface area contributed by atoms with Crippen molar-refractivity contribution in [3.8, 4) is 5.69 Å². The van der Waals surface area contributed by atoms with Crippen molar-refractivity contribution < 1.29 is 9.59 Å². The molecule has 0 aliphatic carbocycles. The predicted molar refractivity (Wildman–Crippen MR) is 109 cm³/mol. The summed E-state index contributed by atoms with van der Waals surface area (Å²) < 4.78 is 1.65. The molecule has 1 aliphatic heterocycles. The number of rotatable bonds is 5. The molecular weight excluding hydrogens is 368 g/mol. The first-order chi connectivity index (χ1) is 14.2. The van der Waals surface area contributed by atoms with E-state index in [0.717, 1.165) is 11.4 Å². The van der Waals surface area contributed by atoms with Gasteiger partial charge in [0, 0.05) is 37.4 Å². The summed E-state index contributed by atoms with van der Waals surface area (Å²) in [7, 11) is 0. The van der Waals surface area contributed by atoms with Crippen molar-refractivity contribution in [1.82, 2.24) is 24.6 Å². The fourth-order valence-electron chi connectivity index (χ4n) is 3.32. The Bertz CT molecular complexity index is 949. The number of amides is 2. The highest BCUT2D eigenvalue weighted by atomic mass is 16.2. The number of benzene rings is 2. The molecule has 0 radical (unpaired) electrons. The van der Waals surface area contributed by atoms with E-state index in [4.69, 9.17) is 0 Å². The summed E-state index contributed by atoms with van der Waals surface area (Å²) >= 11 is 0. The SMILES string of the molecule is O=C(CN1CCN(C(=O)c2ccc(-n3cncn3)cc2)CC1)Nc1ccccc1. The van der Waals surface area contributed by atoms with Gasteiger partial charge in [0.15, 0.2) is 0 Å². The number of hydrogen-bond acceptors (Lipinski definition) is 5. The van der Waals surface area contributed by atoms with Gasteiger partial charge < -0.3 is 10.2 Å². The van der Waals surface area contributed by atoms with Crippen molar-refractivity contribution in [3.63, 3.8) is 0 Å². The lowest BCUT2D eigenvalue weighted by atomic mass is 10.1. The maximum Gasteiger partial charge on any atom is 0.253 e. The van der Waals surface area contributed by atoms with Crippen molar-refractivity contribution >= 4 is 17.5 Å². The summed E-state index contributed by atoms with van der Waals surface area (Å²) in [5.74, 6) is -0.0387. The highest BCUT2D eigenvalue weighted by molar-refractivity contribution is 5.94. The van der Waals surface area contributed by atoms with Gasteiger partial charge in [-0.3, -0.25) is 14.5 Å². The van der Waals surface area contributed by atoms with Gasteiger partial charge in [0.1, 0.15) is 12.7 Å². The Morgan fingerprint density at radius 1 is 0.931 bits per heavy atom. The Balaban J connectivity index is 1.28. The summed E-state index contributed by atoms with van der Waals surface area (Å²) in [5, 5.41) is 6.97. The molecule has 4 rings (SSSR count). The molecule has 148 valence electrons.